The van der Waals surface area contributed by atoms with Crippen molar-refractivity contribution in [2.45, 2.75) is 0 Å². The molecule has 0 saturated heterocycles. The SMILES string of the molecule is N#C/C(=C\c1ccccc1Cl)C(=O)O. The van der Waals surface area contributed by atoms with E-state index in [1.54, 1.807) is 30.3 Å². The molecule has 0 aliphatic carbocycles. The van der Waals surface area contributed by atoms with Gasteiger partial charge in [-0.25, -0.2) is 4.79 Å². The molecule has 1 aromatic rings. The van der Waals surface area contributed by atoms with Gasteiger partial charge in [-0.05, 0) is 17.7 Å². The number of carbonyl (C=O) groups is 1. The van der Waals surface area contributed by atoms with Crippen molar-refractivity contribution in [3.05, 3.63) is 40.4 Å². The Morgan fingerprint density at radius 2 is 2.14 bits per heavy atom. The molecule has 0 atom stereocenters. The van der Waals surface area contributed by atoms with Crippen molar-refractivity contribution >= 4 is 23.6 Å². The van der Waals surface area contributed by atoms with Crippen LogP contribution in [0.2, 0.25) is 5.02 Å². The van der Waals surface area contributed by atoms with Gasteiger partial charge in [0, 0.05) is 5.02 Å². The van der Waals surface area contributed by atoms with E-state index in [9.17, 15) is 4.79 Å². The summed E-state index contributed by atoms with van der Waals surface area (Å²) in [4.78, 5) is 10.5. The number of rotatable bonds is 2. The minimum Gasteiger partial charge on any atom is -0.477 e. The summed E-state index contributed by atoms with van der Waals surface area (Å²) in [7, 11) is 0. The molecule has 0 aromatic heterocycles. The van der Waals surface area contributed by atoms with Crippen LogP contribution >= 0.6 is 11.6 Å². The smallest absolute Gasteiger partial charge is 0.346 e. The van der Waals surface area contributed by atoms with Gasteiger partial charge in [-0.2, -0.15) is 5.26 Å². The van der Waals surface area contributed by atoms with Crippen molar-refractivity contribution in [2.24, 2.45) is 0 Å². The Morgan fingerprint density at radius 3 is 2.64 bits per heavy atom. The molecule has 0 radical (unpaired) electrons. The second-order valence-electron chi connectivity index (χ2n) is 2.50. The molecule has 0 fully saturated rings. The highest BCUT2D eigenvalue weighted by atomic mass is 35.5. The van der Waals surface area contributed by atoms with Crippen LogP contribution in [0.4, 0.5) is 0 Å². The molecule has 0 aliphatic rings. The third-order valence-corrected chi connectivity index (χ3v) is 1.90. The number of hydrogen-bond donors (Lipinski definition) is 1. The van der Waals surface area contributed by atoms with E-state index in [4.69, 9.17) is 22.0 Å². The first-order chi connectivity index (χ1) is 6.65. The molecule has 4 heteroatoms. The van der Waals surface area contributed by atoms with Gasteiger partial charge < -0.3 is 5.11 Å². The molecule has 1 rings (SSSR count). The monoisotopic (exact) mass is 207 g/mol. The number of hydrogen-bond acceptors (Lipinski definition) is 2. The molecule has 70 valence electrons. The fourth-order valence-electron chi connectivity index (χ4n) is 0.889. The van der Waals surface area contributed by atoms with E-state index in [2.05, 4.69) is 0 Å². The molecule has 3 nitrogen and oxygen atoms in total. The zero-order valence-corrected chi connectivity index (χ0v) is 7.82. The topological polar surface area (TPSA) is 61.1 Å². The number of carboxylic acid groups (broad SMARTS) is 1. The van der Waals surface area contributed by atoms with Crippen LogP contribution in [0.5, 0.6) is 0 Å². The summed E-state index contributed by atoms with van der Waals surface area (Å²) in [5, 5.41) is 17.5. The maximum atomic E-state index is 10.5. The van der Waals surface area contributed by atoms with Crippen molar-refractivity contribution in [2.75, 3.05) is 0 Å². The minimum atomic E-state index is -1.26. The Hall–Kier alpha value is -1.79. The van der Waals surface area contributed by atoms with Crippen LogP contribution in [0.1, 0.15) is 5.56 Å². The average molecular weight is 208 g/mol. The predicted molar refractivity (Wildman–Crippen MR) is 52.7 cm³/mol. The second kappa shape index (κ2) is 4.45. The fourth-order valence-corrected chi connectivity index (χ4v) is 1.08. The second-order valence-corrected chi connectivity index (χ2v) is 2.90. The third-order valence-electron chi connectivity index (χ3n) is 1.56. The number of nitriles is 1. The van der Waals surface area contributed by atoms with Gasteiger partial charge in [-0.1, -0.05) is 29.8 Å². The quantitative estimate of drug-likeness (QED) is 0.598. The average Bonchev–Trinajstić information content (AvgIpc) is 2.16. The van der Waals surface area contributed by atoms with E-state index in [-0.39, 0.29) is 5.57 Å². The van der Waals surface area contributed by atoms with Gasteiger partial charge in [-0.15, -0.1) is 0 Å². The van der Waals surface area contributed by atoms with E-state index < -0.39 is 5.97 Å². The molecule has 0 amide bonds. The number of halogens is 1. The molecular formula is C10H6ClNO2. The van der Waals surface area contributed by atoms with Crippen molar-refractivity contribution in [3.8, 4) is 6.07 Å². The maximum Gasteiger partial charge on any atom is 0.346 e. The van der Waals surface area contributed by atoms with Crippen molar-refractivity contribution in [3.63, 3.8) is 0 Å². The van der Waals surface area contributed by atoms with Crippen LogP contribution in [0.15, 0.2) is 29.8 Å². The van der Waals surface area contributed by atoms with Gasteiger partial charge in [0.05, 0.1) is 0 Å². The first kappa shape index (κ1) is 10.3. The highest BCUT2D eigenvalue weighted by molar-refractivity contribution is 6.32. The summed E-state index contributed by atoms with van der Waals surface area (Å²) < 4.78 is 0. The van der Waals surface area contributed by atoms with Crippen LogP contribution in [-0.2, 0) is 4.79 Å². The molecule has 14 heavy (non-hydrogen) atoms. The minimum absolute atomic E-state index is 0.335. The van der Waals surface area contributed by atoms with Crippen LogP contribution in [0, 0.1) is 11.3 Å². The highest BCUT2D eigenvalue weighted by Crippen LogP contribution is 2.17. The van der Waals surface area contributed by atoms with Gasteiger partial charge in [0.15, 0.2) is 0 Å². The van der Waals surface area contributed by atoms with Crippen LogP contribution in [-0.4, -0.2) is 11.1 Å². The van der Waals surface area contributed by atoms with Crippen LogP contribution in [0.25, 0.3) is 6.08 Å². The van der Waals surface area contributed by atoms with Crippen LogP contribution < -0.4 is 0 Å². The summed E-state index contributed by atoms with van der Waals surface area (Å²) in [5.41, 5.74) is 0.186. The lowest BCUT2D eigenvalue weighted by molar-refractivity contribution is -0.132. The van der Waals surface area contributed by atoms with Crippen molar-refractivity contribution in [1.82, 2.24) is 0 Å². The van der Waals surface area contributed by atoms with Gasteiger partial charge in [0.25, 0.3) is 0 Å². The first-order valence-electron chi connectivity index (χ1n) is 3.75. The Labute approximate surface area is 85.9 Å². The third kappa shape index (κ3) is 2.35. The lowest BCUT2D eigenvalue weighted by Gasteiger charge is -1.96. The fraction of sp³-hybridized carbons (Fsp3) is 0. The number of benzene rings is 1. The summed E-state index contributed by atoms with van der Waals surface area (Å²) in [6.45, 7) is 0. The van der Waals surface area contributed by atoms with Crippen molar-refractivity contribution in [1.29, 1.82) is 5.26 Å². The summed E-state index contributed by atoms with van der Waals surface area (Å²) in [6, 6.07) is 8.30. The summed E-state index contributed by atoms with van der Waals surface area (Å²) >= 11 is 5.78. The van der Waals surface area contributed by atoms with Gasteiger partial charge in [0.2, 0.25) is 0 Å². The molecule has 0 saturated carbocycles. The van der Waals surface area contributed by atoms with E-state index in [1.165, 1.54) is 6.08 Å². The Morgan fingerprint density at radius 1 is 1.50 bits per heavy atom. The standard InChI is InChI=1S/C10H6ClNO2/c11-9-4-2-1-3-7(9)5-8(6-12)10(13)14/h1-5H,(H,13,14)/b8-5+. The van der Waals surface area contributed by atoms with Gasteiger partial charge in [0.1, 0.15) is 11.6 Å². The molecule has 0 bridgehead atoms. The number of aliphatic carboxylic acids is 1. The Kier molecular flexibility index (Phi) is 3.27. The zero-order chi connectivity index (χ0) is 10.6. The van der Waals surface area contributed by atoms with Crippen LogP contribution in [0.3, 0.4) is 0 Å². The number of nitrogens with zero attached hydrogens (tertiary/aromatic N) is 1. The normalized spacial score (nSPS) is 10.7. The highest BCUT2D eigenvalue weighted by Gasteiger charge is 2.06. The molecular weight excluding hydrogens is 202 g/mol. The lowest BCUT2D eigenvalue weighted by Crippen LogP contribution is -1.97. The Balaban J connectivity index is 3.15. The van der Waals surface area contributed by atoms with E-state index in [0.717, 1.165) is 0 Å². The zero-order valence-electron chi connectivity index (χ0n) is 7.07. The summed E-state index contributed by atoms with van der Waals surface area (Å²) in [6.07, 6.45) is 1.24. The molecule has 0 spiro atoms. The maximum absolute atomic E-state index is 10.5. The Bertz CT molecular complexity index is 432. The molecule has 0 aliphatic heterocycles. The van der Waals surface area contributed by atoms with E-state index in [0.29, 0.717) is 10.6 Å². The van der Waals surface area contributed by atoms with E-state index >= 15 is 0 Å². The number of carboxylic acids is 1. The van der Waals surface area contributed by atoms with Gasteiger partial charge in [-0.3, -0.25) is 0 Å². The molecule has 0 heterocycles. The van der Waals surface area contributed by atoms with Crippen molar-refractivity contribution < 1.29 is 9.90 Å². The summed E-state index contributed by atoms with van der Waals surface area (Å²) in [5.74, 6) is -1.26. The predicted octanol–water partition coefficient (Wildman–Crippen LogP) is 2.33. The van der Waals surface area contributed by atoms with Gasteiger partial charge >= 0.3 is 5.97 Å². The lowest BCUT2D eigenvalue weighted by atomic mass is 10.1. The largest absolute Gasteiger partial charge is 0.477 e. The first-order valence-corrected chi connectivity index (χ1v) is 4.12. The molecule has 1 N–H and O–H groups in total. The van der Waals surface area contributed by atoms with E-state index in [1.807, 2.05) is 0 Å². The molecule has 1 aromatic carbocycles. The molecule has 0 unspecified atom stereocenters.